The molecule has 8 heteroatoms. The average molecular weight is 352 g/mol. The molecule has 132 valence electrons. The summed E-state index contributed by atoms with van der Waals surface area (Å²) in [6, 6.07) is 12.4. The predicted molar refractivity (Wildman–Crippen MR) is 94.5 cm³/mol. The number of aromatic amines is 1. The quantitative estimate of drug-likeness (QED) is 0.663. The minimum Gasteiger partial charge on any atom is -0.486 e. The highest BCUT2D eigenvalue weighted by Gasteiger charge is 2.16. The van der Waals surface area contributed by atoms with E-state index in [1.165, 1.54) is 0 Å². The van der Waals surface area contributed by atoms with E-state index < -0.39 is 5.91 Å². The number of ether oxygens (including phenoxy) is 2. The molecular weight excluding hydrogens is 336 g/mol. The summed E-state index contributed by atoms with van der Waals surface area (Å²) in [7, 11) is 0. The molecule has 0 radical (unpaired) electrons. The summed E-state index contributed by atoms with van der Waals surface area (Å²) in [6.45, 7) is 0.805. The van der Waals surface area contributed by atoms with Crippen molar-refractivity contribution in [3.63, 3.8) is 0 Å². The second-order valence-electron chi connectivity index (χ2n) is 5.71. The first-order chi connectivity index (χ1) is 12.7. The normalized spacial score (nSPS) is 12.6. The predicted octanol–water partition coefficient (Wildman–Crippen LogP) is 1.70. The number of amides is 2. The smallest absolute Gasteiger partial charge is 0.272 e. The molecule has 8 nitrogen and oxygen atoms in total. The summed E-state index contributed by atoms with van der Waals surface area (Å²) in [4.78, 5) is 24.4. The molecule has 1 aliphatic rings. The summed E-state index contributed by atoms with van der Waals surface area (Å²) in [5.41, 5.74) is 1.59. The Morgan fingerprint density at radius 3 is 2.77 bits per heavy atom. The molecule has 1 aliphatic heterocycles. The number of rotatable bonds is 4. The average Bonchev–Trinajstić information content (AvgIpc) is 3.10. The molecule has 0 saturated heterocycles. The van der Waals surface area contributed by atoms with Gasteiger partial charge in [0, 0.05) is 17.1 Å². The minimum absolute atomic E-state index is 0.172. The Bertz CT molecular complexity index is 982. The molecule has 0 aliphatic carbocycles. The van der Waals surface area contributed by atoms with Gasteiger partial charge in [0.05, 0.1) is 12.1 Å². The van der Waals surface area contributed by atoms with Gasteiger partial charge >= 0.3 is 0 Å². The molecule has 0 unspecified atom stereocenters. The zero-order valence-corrected chi connectivity index (χ0v) is 13.7. The zero-order chi connectivity index (χ0) is 17.9. The summed E-state index contributed by atoms with van der Waals surface area (Å²) >= 11 is 0. The number of benzene rings is 2. The number of nitrogens with one attached hydrogen (secondary N) is 3. The van der Waals surface area contributed by atoms with Crippen LogP contribution in [-0.4, -0.2) is 41.8 Å². The second-order valence-corrected chi connectivity index (χ2v) is 5.71. The lowest BCUT2D eigenvalue weighted by Crippen LogP contribution is -2.33. The van der Waals surface area contributed by atoms with E-state index in [1.54, 1.807) is 24.3 Å². The number of carbonyl (C=O) groups excluding carboxylic acids is 2. The van der Waals surface area contributed by atoms with Gasteiger partial charge in [-0.25, -0.2) is 0 Å². The number of H-pyrrole nitrogens is 1. The van der Waals surface area contributed by atoms with Crippen LogP contribution in [0.4, 0.5) is 5.69 Å². The van der Waals surface area contributed by atoms with Crippen LogP contribution in [-0.2, 0) is 4.79 Å². The van der Waals surface area contributed by atoms with Crippen molar-refractivity contribution < 1.29 is 19.1 Å². The number of fused-ring (bicyclic) bond motifs is 2. The molecule has 3 N–H and O–H groups in total. The highest BCUT2D eigenvalue weighted by Crippen LogP contribution is 2.32. The van der Waals surface area contributed by atoms with Gasteiger partial charge in [-0.1, -0.05) is 18.2 Å². The monoisotopic (exact) mass is 352 g/mol. The van der Waals surface area contributed by atoms with Crippen molar-refractivity contribution in [1.29, 1.82) is 0 Å². The van der Waals surface area contributed by atoms with E-state index in [-0.39, 0.29) is 18.1 Å². The van der Waals surface area contributed by atoms with Crippen LogP contribution >= 0.6 is 0 Å². The maximum Gasteiger partial charge on any atom is 0.272 e. The Balaban J connectivity index is 1.37. The summed E-state index contributed by atoms with van der Waals surface area (Å²) < 4.78 is 10.9. The van der Waals surface area contributed by atoms with Crippen LogP contribution in [0.3, 0.4) is 0 Å². The van der Waals surface area contributed by atoms with E-state index in [9.17, 15) is 9.59 Å². The highest BCUT2D eigenvalue weighted by atomic mass is 16.6. The number of anilines is 1. The number of hydrogen-bond donors (Lipinski definition) is 3. The Kier molecular flexibility index (Phi) is 4.14. The van der Waals surface area contributed by atoms with Gasteiger partial charge in [0.2, 0.25) is 5.91 Å². The molecule has 0 fully saturated rings. The van der Waals surface area contributed by atoms with Crippen LogP contribution < -0.4 is 20.1 Å². The number of carbonyl (C=O) groups is 2. The van der Waals surface area contributed by atoms with Crippen molar-refractivity contribution in [2.24, 2.45) is 0 Å². The molecule has 26 heavy (non-hydrogen) atoms. The molecule has 2 aromatic carbocycles. The lowest BCUT2D eigenvalue weighted by molar-refractivity contribution is -0.115. The van der Waals surface area contributed by atoms with Gasteiger partial charge in [0.25, 0.3) is 5.91 Å². The Labute approximate surface area is 148 Å². The number of nitrogens with zero attached hydrogens (tertiary/aromatic N) is 1. The van der Waals surface area contributed by atoms with Gasteiger partial charge in [0.15, 0.2) is 17.2 Å². The van der Waals surface area contributed by atoms with Gasteiger partial charge in [-0.3, -0.25) is 14.7 Å². The van der Waals surface area contributed by atoms with Crippen molar-refractivity contribution in [2.75, 3.05) is 25.1 Å². The number of aromatic nitrogens is 2. The maximum absolute atomic E-state index is 12.3. The number of para-hydroxylation sites is 1. The van der Waals surface area contributed by atoms with Crippen LogP contribution in [0, 0.1) is 0 Å². The fraction of sp³-hybridized carbons (Fsp3) is 0.167. The van der Waals surface area contributed by atoms with Crippen LogP contribution in [0.1, 0.15) is 10.5 Å². The first-order valence-corrected chi connectivity index (χ1v) is 8.11. The lowest BCUT2D eigenvalue weighted by Gasteiger charge is -2.19. The van der Waals surface area contributed by atoms with Crippen molar-refractivity contribution in [1.82, 2.24) is 15.5 Å². The van der Waals surface area contributed by atoms with Crippen molar-refractivity contribution >= 4 is 28.4 Å². The van der Waals surface area contributed by atoms with Crippen molar-refractivity contribution in [3.05, 3.63) is 48.2 Å². The third-order valence-electron chi connectivity index (χ3n) is 3.92. The Hall–Kier alpha value is -3.55. The SMILES string of the molecule is O=C(CNC(=O)c1n[nH]c2ccccc12)Nc1ccc2c(c1)OCCO2. The summed E-state index contributed by atoms with van der Waals surface area (Å²) in [5.74, 6) is 0.462. The topological polar surface area (TPSA) is 105 Å². The first-order valence-electron chi connectivity index (χ1n) is 8.11. The van der Waals surface area contributed by atoms with Crippen LogP contribution in [0.2, 0.25) is 0 Å². The van der Waals surface area contributed by atoms with Gasteiger partial charge in [-0.15, -0.1) is 0 Å². The minimum atomic E-state index is -0.417. The van der Waals surface area contributed by atoms with Gasteiger partial charge in [-0.05, 0) is 18.2 Å². The second kappa shape index (κ2) is 6.75. The van der Waals surface area contributed by atoms with Gasteiger partial charge in [0.1, 0.15) is 13.2 Å². The molecule has 2 heterocycles. The molecule has 3 aromatic rings. The maximum atomic E-state index is 12.3. The fourth-order valence-electron chi connectivity index (χ4n) is 2.71. The number of hydrogen-bond acceptors (Lipinski definition) is 5. The standard InChI is InChI=1S/C18H16N4O4/c23-16(20-11-5-6-14-15(9-11)26-8-7-25-14)10-19-18(24)17-12-3-1-2-4-13(12)21-22-17/h1-6,9H,7-8,10H2,(H,19,24)(H,20,23)(H,21,22). The molecule has 4 rings (SSSR count). The van der Waals surface area contributed by atoms with E-state index in [0.29, 0.717) is 35.8 Å². The Morgan fingerprint density at radius 1 is 1.08 bits per heavy atom. The van der Waals surface area contributed by atoms with E-state index >= 15 is 0 Å². The third kappa shape index (κ3) is 3.16. The van der Waals surface area contributed by atoms with Crippen LogP contribution in [0.15, 0.2) is 42.5 Å². The molecule has 0 spiro atoms. The lowest BCUT2D eigenvalue weighted by atomic mass is 10.2. The van der Waals surface area contributed by atoms with Gasteiger partial charge in [-0.2, -0.15) is 5.10 Å². The highest BCUT2D eigenvalue weighted by molar-refractivity contribution is 6.06. The molecule has 0 bridgehead atoms. The first kappa shape index (κ1) is 15.9. The van der Waals surface area contributed by atoms with Crippen LogP contribution in [0.25, 0.3) is 10.9 Å². The van der Waals surface area contributed by atoms with Gasteiger partial charge < -0.3 is 20.1 Å². The van der Waals surface area contributed by atoms with E-state index in [4.69, 9.17) is 9.47 Å². The van der Waals surface area contributed by atoms with E-state index in [2.05, 4.69) is 20.8 Å². The summed E-state index contributed by atoms with van der Waals surface area (Å²) in [6.07, 6.45) is 0. The van der Waals surface area contributed by atoms with E-state index in [0.717, 1.165) is 5.52 Å². The summed E-state index contributed by atoms with van der Waals surface area (Å²) in [5, 5.41) is 12.8. The zero-order valence-electron chi connectivity index (χ0n) is 13.7. The van der Waals surface area contributed by atoms with E-state index in [1.807, 2.05) is 18.2 Å². The van der Waals surface area contributed by atoms with Crippen molar-refractivity contribution in [2.45, 2.75) is 0 Å². The third-order valence-corrected chi connectivity index (χ3v) is 3.92. The fourth-order valence-corrected chi connectivity index (χ4v) is 2.71. The molecular formula is C18H16N4O4. The van der Waals surface area contributed by atoms with Crippen molar-refractivity contribution in [3.8, 4) is 11.5 Å². The molecule has 0 atom stereocenters. The molecule has 0 saturated carbocycles. The largest absolute Gasteiger partial charge is 0.486 e. The molecule has 2 amide bonds. The molecule has 1 aromatic heterocycles. The van der Waals surface area contributed by atoms with Crippen LogP contribution in [0.5, 0.6) is 11.5 Å². The Morgan fingerprint density at radius 2 is 1.88 bits per heavy atom.